The molecule has 0 bridgehead atoms. The predicted molar refractivity (Wildman–Crippen MR) is 41.8 cm³/mol. The van der Waals surface area contributed by atoms with E-state index in [-0.39, 0.29) is 6.10 Å². The van der Waals surface area contributed by atoms with Crippen LogP contribution in [-0.2, 0) is 6.42 Å². The smallest absolute Gasteiger partial charge is 0.107 e. The van der Waals surface area contributed by atoms with Crippen LogP contribution >= 0.6 is 15.9 Å². The first-order chi connectivity index (χ1) is 4.68. The minimum absolute atomic E-state index is 0.335. The molecule has 0 aromatic carbocycles. The summed E-state index contributed by atoms with van der Waals surface area (Å²) in [6.07, 6.45) is 1.85. The van der Waals surface area contributed by atoms with Crippen molar-refractivity contribution in [2.24, 2.45) is 0 Å². The summed E-state index contributed by atoms with van der Waals surface area (Å²) in [4.78, 5) is 0. The third-order valence-corrected chi connectivity index (χ3v) is 1.53. The van der Waals surface area contributed by atoms with Crippen LogP contribution in [0, 0.1) is 0 Å². The van der Waals surface area contributed by atoms with E-state index < -0.39 is 0 Å². The first kappa shape index (κ1) is 7.82. The summed E-state index contributed by atoms with van der Waals surface area (Å²) >= 11 is 3.25. The lowest BCUT2D eigenvalue weighted by atomic mass is 10.2. The summed E-state index contributed by atoms with van der Waals surface area (Å²) in [5.74, 6) is 0.807. The van der Waals surface area contributed by atoms with E-state index in [1.165, 1.54) is 0 Å². The van der Waals surface area contributed by atoms with E-state index in [1.807, 2.05) is 6.07 Å². The zero-order valence-electron chi connectivity index (χ0n) is 5.67. The Labute approximate surface area is 68.0 Å². The van der Waals surface area contributed by atoms with Gasteiger partial charge in [0.05, 0.1) is 10.6 Å². The number of aliphatic hydroxyl groups excluding tert-OH is 1. The van der Waals surface area contributed by atoms with Gasteiger partial charge in [0.1, 0.15) is 12.0 Å². The molecule has 2 nitrogen and oxygen atoms in total. The molecule has 0 aliphatic rings. The molecule has 56 valence electrons. The largest absolute Gasteiger partial charge is 0.468 e. The average molecular weight is 205 g/mol. The molecule has 1 atom stereocenters. The van der Waals surface area contributed by atoms with Gasteiger partial charge in [-0.25, -0.2) is 0 Å². The molecule has 0 saturated heterocycles. The third kappa shape index (κ3) is 2.15. The van der Waals surface area contributed by atoms with Crippen LogP contribution in [0.25, 0.3) is 0 Å². The Morgan fingerprint density at radius 2 is 2.50 bits per heavy atom. The molecule has 1 aromatic rings. The van der Waals surface area contributed by atoms with E-state index in [9.17, 15) is 0 Å². The van der Waals surface area contributed by atoms with Gasteiger partial charge in [-0.15, -0.1) is 0 Å². The highest BCUT2D eigenvalue weighted by Gasteiger charge is 2.02. The molecular formula is C7H9BrO2. The second-order valence-electron chi connectivity index (χ2n) is 2.28. The highest BCUT2D eigenvalue weighted by molar-refractivity contribution is 9.10. The number of furan rings is 1. The lowest BCUT2D eigenvalue weighted by Gasteiger charge is -1.97. The van der Waals surface area contributed by atoms with Crippen molar-refractivity contribution in [3.05, 3.63) is 22.6 Å². The lowest BCUT2D eigenvalue weighted by molar-refractivity contribution is 0.187. The molecule has 10 heavy (non-hydrogen) atoms. The monoisotopic (exact) mass is 204 g/mol. The van der Waals surface area contributed by atoms with E-state index in [2.05, 4.69) is 15.9 Å². The molecule has 0 fully saturated rings. The van der Waals surface area contributed by atoms with E-state index >= 15 is 0 Å². The van der Waals surface area contributed by atoms with Gasteiger partial charge in [-0.2, -0.15) is 0 Å². The lowest BCUT2D eigenvalue weighted by Crippen LogP contribution is -2.02. The molecule has 0 saturated carbocycles. The molecule has 0 radical (unpaired) electrons. The molecule has 1 heterocycles. The van der Waals surface area contributed by atoms with E-state index in [4.69, 9.17) is 9.52 Å². The van der Waals surface area contributed by atoms with Crippen molar-refractivity contribution in [3.63, 3.8) is 0 Å². The summed E-state index contributed by atoms with van der Waals surface area (Å²) in [6.45, 7) is 1.73. The summed E-state index contributed by atoms with van der Waals surface area (Å²) in [5.41, 5.74) is 0. The van der Waals surface area contributed by atoms with Gasteiger partial charge >= 0.3 is 0 Å². The van der Waals surface area contributed by atoms with Crippen molar-refractivity contribution in [3.8, 4) is 0 Å². The second-order valence-corrected chi connectivity index (χ2v) is 3.20. The normalized spacial score (nSPS) is 13.5. The van der Waals surface area contributed by atoms with Crippen LogP contribution in [0.2, 0.25) is 0 Å². The van der Waals surface area contributed by atoms with Gasteiger partial charge < -0.3 is 9.52 Å². The molecule has 0 unspecified atom stereocenters. The Kier molecular flexibility index (Phi) is 2.51. The second kappa shape index (κ2) is 3.21. The molecule has 0 spiro atoms. The van der Waals surface area contributed by atoms with Gasteiger partial charge in [0.15, 0.2) is 0 Å². The maximum absolute atomic E-state index is 8.94. The quantitative estimate of drug-likeness (QED) is 0.800. The van der Waals surface area contributed by atoms with Gasteiger partial charge in [0, 0.05) is 6.42 Å². The fourth-order valence-electron chi connectivity index (χ4n) is 0.752. The molecule has 0 amide bonds. The van der Waals surface area contributed by atoms with Crippen LogP contribution < -0.4 is 0 Å². The summed E-state index contributed by atoms with van der Waals surface area (Å²) in [7, 11) is 0. The fourth-order valence-corrected chi connectivity index (χ4v) is 1.10. The Morgan fingerprint density at radius 1 is 1.80 bits per heavy atom. The zero-order valence-corrected chi connectivity index (χ0v) is 7.26. The highest BCUT2D eigenvalue weighted by Crippen LogP contribution is 2.14. The van der Waals surface area contributed by atoms with Crippen molar-refractivity contribution < 1.29 is 9.52 Å². The van der Waals surface area contributed by atoms with Gasteiger partial charge in [0.25, 0.3) is 0 Å². The van der Waals surface area contributed by atoms with E-state index in [0.717, 1.165) is 10.2 Å². The third-order valence-electron chi connectivity index (χ3n) is 1.12. The van der Waals surface area contributed by atoms with Crippen molar-refractivity contribution in [2.75, 3.05) is 0 Å². The SMILES string of the molecule is C[C@H](O)Cc1cc(Br)co1. The van der Waals surface area contributed by atoms with Gasteiger partial charge in [-0.1, -0.05) is 0 Å². The maximum Gasteiger partial charge on any atom is 0.107 e. The Hall–Kier alpha value is -0.280. The van der Waals surface area contributed by atoms with Crippen molar-refractivity contribution in [2.45, 2.75) is 19.4 Å². The topological polar surface area (TPSA) is 33.4 Å². The molecule has 3 heteroatoms. The summed E-state index contributed by atoms with van der Waals surface area (Å²) in [5, 5.41) is 8.94. The van der Waals surface area contributed by atoms with Crippen molar-refractivity contribution in [1.82, 2.24) is 0 Å². The fraction of sp³-hybridized carbons (Fsp3) is 0.429. The average Bonchev–Trinajstić information content (AvgIpc) is 2.13. The summed E-state index contributed by atoms with van der Waals surface area (Å²) < 4.78 is 5.99. The maximum atomic E-state index is 8.94. The number of halogens is 1. The number of rotatable bonds is 2. The van der Waals surface area contributed by atoms with Crippen LogP contribution in [0.4, 0.5) is 0 Å². The molecule has 1 aromatic heterocycles. The van der Waals surface area contributed by atoms with Gasteiger partial charge in [0.2, 0.25) is 0 Å². The zero-order chi connectivity index (χ0) is 7.56. The number of hydrogen-bond donors (Lipinski definition) is 1. The van der Waals surface area contributed by atoms with E-state index in [0.29, 0.717) is 6.42 Å². The first-order valence-corrected chi connectivity index (χ1v) is 3.89. The summed E-state index contributed by atoms with van der Waals surface area (Å²) in [6, 6.07) is 1.85. The Bertz CT molecular complexity index is 205. The standard InChI is InChI=1S/C7H9BrO2/c1-5(9)2-7-3-6(8)4-10-7/h3-5,9H,2H2,1H3/t5-/m0/s1. The Morgan fingerprint density at radius 3 is 2.90 bits per heavy atom. The van der Waals surface area contributed by atoms with Crippen LogP contribution in [0.15, 0.2) is 21.2 Å². The highest BCUT2D eigenvalue weighted by atomic mass is 79.9. The van der Waals surface area contributed by atoms with E-state index in [1.54, 1.807) is 13.2 Å². The number of hydrogen-bond acceptors (Lipinski definition) is 2. The first-order valence-electron chi connectivity index (χ1n) is 3.09. The predicted octanol–water partition coefficient (Wildman–Crippen LogP) is 1.97. The van der Waals surface area contributed by atoms with Crippen LogP contribution in [-0.4, -0.2) is 11.2 Å². The van der Waals surface area contributed by atoms with Crippen LogP contribution in [0.1, 0.15) is 12.7 Å². The minimum Gasteiger partial charge on any atom is -0.468 e. The van der Waals surface area contributed by atoms with Crippen molar-refractivity contribution in [1.29, 1.82) is 0 Å². The van der Waals surface area contributed by atoms with Crippen LogP contribution in [0.3, 0.4) is 0 Å². The molecule has 1 rings (SSSR count). The van der Waals surface area contributed by atoms with Crippen molar-refractivity contribution >= 4 is 15.9 Å². The van der Waals surface area contributed by atoms with Crippen LogP contribution in [0.5, 0.6) is 0 Å². The number of aliphatic hydroxyl groups is 1. The minimum atomic E-state index is -0.335. The molecule has 0 aliphatic carbocycles. The molecular weight excluding hydrogens is 196 g/mol. The molecule has 0 aliphatic heterocycles. The van der Waals surface area contributed by atoms with Gasteiger partial charge in [-0.3, -0.25) is 0 Å². The Balaban J connectivity index is 2.58. The molecule has 1 N–H and O–H groups in total. The van der Waals surface area contributed by atoms with Gasteiger partial charge in [-0.05, 0) is 28.9 Å².